The third-order valence-corrected chi connectivity index (χ3v) is 9.12. The highest BCUT2D eigenvalue weighted by atomic mass is 15.3. The number of piperidine rings is 1. The molecule has 0 amide bonds. The highest BCUT2D eigenvalue weighted by Crippen LogP contribution is 2.52. The molecule has 0 aromatic rings. The summed E-state index contributed by atoms with van der Waals surface area (Å²) in [5.74, 6) is 1.79. The molecule has 3 aliphatic rings. The van der Waals surface area contributed by atoms with Gasteiger partial charge in [-0.15, -0.1) is 0 Å². The second-order valence-corrected chi connectivity index (χ2v) is 12.0. The summed E-state index contributed by atoms with van der Waals surface area (Å²) in [5, 5.41) is 0. The lowest BCUT2D eigenvalue weighted by molar-refractivity contribution is -0.0151. The summed E-state index contributed by atoms with van der Waals surface area (Å²) in [4.78, 5) is 8.40. The van der Waals surface area contributed by atoms with Gasteiger partial charge >= 0.3 is 0 Å². The van der Waals surface area contributed by atoms with Crippen LogP contribution in [0.1, 0.15) is 99.3 Å². The lowest BCUT2D eigenvalue weighted by atomic mass is 9.78. The molecule has 1 aliphatic carbocycles. The molecule has 0 aromatic carbocycles. The van der Waals surface area contributed by atoms with E-state index in [9.17, 15) is 0 Å². The molecular formula is C27H53N3. The molecule has 0 radical (unpaired) electrons. The van der Waals surface area contributed by atoms with E-state index in [4.69, 9.17) is 0 Å². The van der Waals surface area contributed by atoms with Crippen LogP contribution in [0, 0.1) is 17.3 Å². The molecule has 176 valence electrons. The largest absolute Gasteiger partial charge is 0.303 e. The minimum atomic E-state index is 0.360. The fraction of sp³-hybridized carbons (Fsp3) is 1.00. The number of hydrogen-bond donors (Lipinski definition) is 0. The van der Waals surface area contributed by atoms with Gasteiger partial charge in [0.2, 0.25) is 0 Å². The molecule has 2 unspecified atom stereocenters. The Morgan fingerprint density at radius 3 is 2.00 bits per heavy atom. The molecule has 3 heteroatoms. The van der Waals surface area contributed by atoms with Crippen LogP contribution in [-0.4, -0.2) is 72.1 Å². The Morgan fingerprint density at radius 2 is 1.47 bits per heavy atom. The molecule has 0 bridgehead atoms. The predicted molar refractivity (Wildman–Crippen MR) is 131 cm³/mol. The summed E-state index contributed by atoms with van der Waals surface area (Å²) in [6, 6.07) is 0.762. The van der Waals surface area contributed by atoms with Gasteiger partial charge in [0, 0.05) is 44.3 Å². The van der Waals surface area contributed by atoms with Crippen molar-refractivity contribution >= 4 is 0 Å². The standard InChI is InChI=1S/C27H53N3/c1-7-9-23(3)21-27(13-14-27)22-28-15-11-25(12-16-28)26(5,6)30-19-17-29(18-20-30)24(4)10-8-2/h23-25H,7-22H2,1-6H3. The van der Waals surface area contributed by atoms with Crippen LogP contribution in [0.5, 0.6) is 0 Å². The van der Waals surface area contributed by atoms with E-state index in [2.05, 4.69) is 56.2 Å². The molecule has 2 heterocycles. The molecule has 0 aromatic heterocycles. The van der Waals surface area contributed by atoms with Crippen LogP contribution in [0.4, 0.5) is 0 Å². The molecule has 3 nitrogen and oxygen atoms in total. The van der Waals surface area contributed by atoms with Crippen molar-refractivity contribution in [3.05, 3.63) is 0 Å². The van der Waals surface area contributed by atoms with Gasteiger partial charge in [0.25, 0.3) is 0 Å². The maximum absolute atomic E-state index is 2.84. The second-order valence-electron chi connectivity index (χ2n) is 12.0. The van der Waals surface area contributed by atoms with E-state index >= 15 is 0 Å². The Balaban J connectivity index is 1.43. The van der Waals surface area contributed by atoms with Gasteiger partial charge in [-0.25, -0.2) is 0 Å². The van der Waals surface area contributed by atoms with Gasteiger partial charge in [0.05, 0.1) is 0 Å². The number of rotatable bonds is 11. The summed E-state index contributed by atoms with van der Waals surface area (Å²) in [6.45, 7) is 23.8. The maximum atomic E-state index is 2.84. The zero-order valence-corrected chi connectivity index (χ0v) is 21.4. The van der Waals surface area contributed by atoms with Crippen molar-refractivity contribution < 1.29 is 0 Å². The highest BCUT2D eigenvalue weighted by Gasteiger charge is 2.45. The van der Waals surface area contributed by atoms with Crippen molar-refractivity contribution in [2.24, 2.45) is 17.3 Å². The van der Waals surface area contributed by atoms with E-state index in [-0.39, 0.29) is 0 Å². The van der Waals surface area contributed by atoms with E-state index in [0.29, 0.717) is 11.0 Å². The van der Waals surface area contributed by atoms with E-state index in [1.165, 1.54) is 104 Å². The number of piperazine rings is 1. The van der Waals surface area contributed by atoms with E-state index < -0.39 is 0 Å². The van der Waals surface area contributed by atoms with Crippen LogP contribution in [0.15, 0.2) is 0 Å². The highest BCUT2D eigenvalue weighted by molar-refractivity contribution is 4.99. The van der Waals surface area contributed by atoms with Crippen LogP contribution in [0.3, 0.4) is 0 Å². The van der Waals surface area contributed by atoms with Crippen molar-refractivity contribution in [2.45, 2.75) is 111 Å². The Morgan fingerprint density at radius 1 is 0.867 bits per heavy atom. The lowest BCUT2D eigenvalue weighted by Gasteiger charge is -2.51. The Kier molecular flexibility index (Phi) is 8.72. The van der Waals surface area contributed by atoms with Gasteiger partial charge in [-0.1, -0.05) is 40.0 Å². The van der Waals surface area contributed by atoms with Crippen LogP contribution >= 0.6 is 0 Å². The van der Waals surface area contributed by atoms with Crippen LogP contribution in [0.25, 0.3) is 0 Å². The quantitative estimate of drug-likeness (QED) is 0.413. The molecule has 2 saturated heterocycles. The average Bonchev–Trinajstić information content (AvgIpc) is 3.47. The maximum Gasteiger partial charge on any atom is 0.0183 e. The van der Waals surface area contributed by atoms with Crippen LogP contribution in [-0.2, 0) is 0 Å². The molecule has 0 N–H and O–H groups in total. The SMILES string of the molecule is CCCC(C)CC1(CN2CCC(C(C)(C)N3CCN(C(C)CCC)CC3)CC2)CC1. The Labute approximate surface area is 188 Å². The van der Waals surface area contributed by atoms with Gasteiger partial charge < -0.3 is 4.90 Å². The Hall–Kier alpha value is -0.120. The molecule has 0 spiro atoms. The zero-order chi connectivity index (χ0) is 21.8. The number of nitrogens with zero attached hydrogens (tertiary/aromatic N) is 3. The summed E-state index contributed by atoms with van der Waals surface area (Å²) >= 11 is 0. The van der Waals surface area contributed by atoms with Gasteiger partial charge in [-0.2, -0.15) is 0 Å². The van der Waals surface area contributed by atoms with Gasteiger partial charge in [-0.05, 0) is 89.6 Å². The molecule has 30 heavy (non-hydrogen) atoms. The normalized spacial score (nSPS) is 26.6. The number of likely N-dealkylation sites (tertiary alicyclic amines) is 1. The Bertz CT molecular complexity index is 496. The summed E-state index contributed by atoms with van der Waals surface area (Å²) in [7, 11) is 0. The minimum absolute atomic E-state index is 0.360. The fourth-order valence-electron chi connectivity index (χ4n) is 6.81. The van der Waals surface area contributed by atoms with Gasteiger partial charge in [-0.3, -0.25) is 9.80 Å². The molecule has 3 fully saturated rings. The van der Waals surface area contributed by atoms with Crippen LogP contribution < -0.4 is 0 Å². The average molecular weight is 420 g/mol. The minimum Gasteiger partial charge on any atom is -0.303 e. The molecule has 1 saturated carbocycles. The van der Waals surface area contributed by atoms with Gasteiger partial charge in [0.15, 0.2) is 0 Å². The molecular weight excluding hydrogens is 366 g/mol. The van der Waals surface area contributed by atoms with Crippen molar-refractivity contribution in [3.63, 3.8) is 0 Å². The third-order valence-electron chi connectivity index (χ3n) is 9.12. The first-order valence-corrected chi connectivity index (χ1v) is 13.5. The lowest BCUT2D eigenvalue weighted by Crippen LogP contribution is -2.59. The summed E-state index contributed by atoms with van der Waals surface area (Å²) in [6.07, 6.45) is 12.7. The first kappa shape index (κ1) is 24.5. The van der Waals surface area contributed by atoms with E-state index in [1.54, 1.807) is 0 Å². The summed E-state index contributed by atoms with van der Waals surface area (Å²) in [5.41, 5.74) is 1.06. The first-order valence-electron chi connectivity index (χ1n) is 13.5. The van der Waals surface area contributed by atoms with Crippen LogP contribution in [0.2, 0.25) is 0 Å². The van der Waals surface area contributed by atoms with Crippen molar-refractivity contribution in [3.8, 4) is 0 Å². The van der Waals surface area contributed by atoms with Crippen molar-refractivity contribution in [1.82, 2.24) is 14.7 Å². The zero-order valence-electron chi connectivity index (χ0n) is 21.4. The van der Waals surface area contributed by atoms with E-state index in [1.807, 2.05) is 0 Å². The third kappa shape index (κ3) is 6.23. The summed E-state index contributed by atoms with van der Waals surface area (Å²) < 4.78 is 0. The van der Waals surface area contributed by atoms with E-state index in [0.717, 1.165) is 17.9 Å². The molecule has 2 atom stereocenters. The topological polar surface area (TPSA) is 9.72 Å². The smallest absolute Gasteiger partial charge is 0.0183 e. The fourth-order valence-corrected chi connectivity index (χ4v) is 6.81. The van der Waals surface area contributed by atoms with Crippen molar-refractivity contribution in [2.75, 3.05) is 45.8 Å². The van der Waals surface area contributed by atoms with Gasteiger partial charge in [0.1, 0.15) is 0 Å². The van der Waals surface area contributed by atoms with Crippen molar-refractivity contribution in [1.29, 1.82) is 0 Å². The monoisotopic (exact) mass is 419 g/mol. The number of hydrogen-bond acceptors (Lipinski definition) is 3. The second kappa shape index (κ2) is 10.7. The first-order chi connectivity index (χ1) is 14.3. The predicted octanol–water partition coefficient (Wildman–Crippen LogP) is 5.89. The molecule has 2 aliphatic heterocycles. The molecule has 3 rings (SSSR count).